The lowest BCUT2D eigenvalue weighted by Crippen LogP contribution is -2.36. The minimum Gasteiger partial charge on any atom is -0.382 e. The van der Waals surface area contributed by atoms with Crippen LogP contribution in [0.4, 0.5) is 13.2 Å². The topological polar surface area (TPSA) is 55.1 Å². The third kappa shape index (κ3) is 2.79. The van der Waals surface area contributed by atoms with Crippen molar-refractivity contribution < 1.29 is 18.3 Å². The lowest BCUT2D eigenvalue weighted by molar-refractivity contribution is -0.207. The molecule has 0 aliphatic rings. The van der Waals surface area contributed by atoms with E-state index in [4.69, 9.17) is 5.11 Å². The Labute approximate surface area is 110 Å². The van der Waals surface area contributed by atoms with Gasteiger partial charge < -0.3 is 5.11 Å². The zero-order valence-electron chi connectivity index (χ0n) is 9.94. The number of aliphatic hydroxyl groups excluding tert-OH is 1. The van der Waals surface area contributed by atoms with E-state index in [0.717, 1.165) is 22.2 Å². The summed E-state index contributed by atoms with van der Waals surface area (Å²) in [6.07, 6.45) is -5.56. The summed E-state index contributed by atoms with van der Waals surface area (Å²) in [6.45, 7) is 1.07. The van der Waals surface area contributed by atoms with E-state index in [1.54, 1.807) is 6.07 Å². The van der Waals surface area contributed by atoms with Crippen molar-refractivity contribution in [3.05, 3.63) is 27.6 Å². The first-order chi connectivity index (χ1) is 8.82. The van der Waals surface area contributed by atoms with E-state index < -0.39 is 24.4 Å². The number of hydrogen-bond acceptors (Lipinski definition) is 4. The number of fused-ring (bicyclic) bond motifs is 1. The molecule has 0 aromatic carbocycles. The van der Waals surface area contributed by atoms with Crippen LogP contribution in [0.15, 0.2) is 17.2 Å². The van der Waals surface area contributed by atoms with Crippen LogP contribution < -0.4 is 5.56 Å². The van der Waals surface area contributed by atoms with Crippen molar-refractivity contribution in [3.63, 3.8) is 0 Å². The third-order valence-corrected chi connectivity index (χ3v) is 3.85. The molecule has 0 aliphatic carbocycles. The smallest absolute Gasteiger partial charge is 0.382 e. The average molecular weight is 292 g/mol. The predicted octanol–water partition coefficient (Wildman–Crippen LogP) is 1.94. The number of hydrogen-bond donors (Lipinski definition) is 1. The summed E-state index contributed by atoms with van der Waals surface area (Å²) in [4.78, 5) is 17.4. The predicted molar refractivity (Wildman–Crippen MR) is 65.3 cm³/mol. The Morgan fingerprint density at radius 2 is 2.21 bits per heavy atom. The van der Waals surface area contributed by atoms with Crippen molar-refractivity contribution in [1.29, 1.82) is 0 Å². The zero-order chi connectivity index (χ0) is 14.2. The summed E-state index contributed by atoms with van der Waals surface area (Å²) in [6, 6.07) is 1.63. The third-order valence-electron chi connectivity index (χ3n) is 2.67. The van der Waals surface area contributed by atoms with Gasteiger partial charge in [0, 0.05) is 4.88 Å². The van der Waals surface area contributed by atoms with Crippen molar-refractivity contribution in [1.82, 2.24) is 9.55 Å². The van der Waals surface area contributed by atoms with E-state index in [1.807, 2.05) is 6.92 Å². The maximum absolute atomic E-state index is 12.3. The van der Waals surface area contributed by atoms with Gasteiger partial charge in [-0.05, 0) is 12.5 Å². The summed E-state index contributed by atoms with van der Waals surface area (Å²) >= 11 is 1.34. The van der Waals surface area contributed by atoms with Crippen LogP contribution >= 0.6 is 11.3 Å². The SMILES string of the molecule is CCc1cc2c(=O)n(C[C@H](O)C(F)(F)F)cnc2s1. The molecule has 104 valence electrons. The largest absolute Gasteiger partial charge is 0.416 e. The van der Waals surface area contributed by atoms with Crippen LogP contribution in [-0.4, -0.2) is 26.9 Å². The van der Waals surface area contributed by atoms with Crippen LogP contribution in [0.5, 0.6) is 0 Å². The van der Waals surface area contributed by atoms with Gasteiger partial charge in [0.15, 0.2) is 6.10 Å². The lowest BCUT2D eigenvalue weighted by atomic mass is 10.3. The molecule has 2 heterocycles. The molecule has 0 radical (unpaired) electrons. The molecule has 2 rings (SSSR count). The first kappa shape index (κ1) is 14.0. The van der Waals surface area contributed by atoms with Gasteiger partial charge in [-0.2, -0.15) is 13.2 Å². The van der Waals surface area contributed by atoms with Crippen molar-refractivity contribution in [2.24, 2.45) is 0 Å². The number of rotatable bonds is 3. The van der Waals surface area contributed by atoms with Crippen molar-refractivity contribution in [2.75, 3.05) is 0 Å². The van der Waals surface area contributed by atoms with Gasteiger partial charge in [-0.15, -0.1) is 11.3 Å². The van der Waals surface area contributed by atoms with E-state index in [9.17, 15) is 18.0 Å². The van der Waals surface area contributed by atoms with Gasteiger partial charge in [0.25, 0.3) is 5.56 Å². The molecule has 0 saturated carbocycles. The summed E-state index contributed by atoms with van der Waals surface area (Å²) in [5, 5.41) is 9.27. The molecule has 8 heteroatoms. The summed E-state index contributed by atoms with van der Waals surface area (Å²) < 4.78 is 37.6. The van der Waals surface area contributed by atoms with Crippen molar-refractivity contribution >= 4 is 21.6 Å². The standard InChI is InChI=1S/C11H11F3N2O2S/c1-2-6-3-7-9(19-6)15-5-16(10(7)18)4-8(17)11(12,13)14/h3,5,8,17H,2,4H2,1H3/t8-/m0/s1. The van der Waals surface area contributed by atoms with Crippen LogP contribution in [0, 0.1) is 0 Å². The Morgan fingerprint density at radius 1 is 1.53 bits per heavy atom. The fourth-order valence-electron chi connectivity index (χ4n) is 1.60. The van der Waals surface area contributed by atoms with Gasteiger partial charge in [0.2, 0.25) is 0 Å². The molecule has 19 heavy (non-hydrogen) atoms. The fourth-order valence-corrected chi connectivity index (χ4v) is 2.53. The van der Waals surface area contributed by atoms with Crippen LogP contribution in [0.25, 0.3) is 10.2 Å². The van der Waals surface area contributed by atoms with E-state index >= 15 is 0 Å². The normalized spacial score (nSPS) is 13.9. The molecule has 0 fully saturated rings. The van der Waals surface area contributed by atoms with E-state index in [0.29, 0.717) is 10.2 Å². The second kappa shape index (κ2) is 4.93. The Balaban J connectivity index is 2.40. The molecule has 0 bridgehead atoms. The molecular formula is C11H11F3N2O2S. The Bertz CT molecular complexity index is 647. The molecule has 2 aromatic heterocycles. The number of aliphatic hydroxyl groups is 1. The minimum absolute atomic E-state index is 0.290. The maximum atomic E-state index is 12.3. The number of halogens is 3. The monoisotopic (exact) mass is 292 g/mol. The molecular weight excluding hydrogens is 281 g/mol. The number of aromatic nitrogens is 2. The van der Waals surface area contributed by atoms with Gasteiger partial charge in [-0.3, -0.25) is 9.36 Å². The van der Waals surface area contributed by atoms with Gasteiger partial charge in [0.1, 0.15) is 4.83 Å². The first-order valence-electron chi connectivity index (χ1n) is 5.55. The summed E-state index contributed by atoms with van der Waals surface area (Å²) in [5.74, 6) is 0. The van der Waals surface area contributed by atoms with Crippen molar-refractivity contribution in [2.45, 2.75) is 32.2 Å². The molecule has 0 saturated heterocycles. The number of nitrogens with zero attached hydrogens (tertiary/aromatic N) is 2. The van der Waals surface area contributed by atoms with Crippen molar-refractivity contribution in [3.8, 4) is 0 Å². The highest BCUT2D eigenvalue weighted by molar-refractivity contribution is 7.18. The summed E-state index contributed by atoms with van der Waals surface area (Å²) in [7, 11) is 0. The Kier molecular flexibility index (Phi) is 3.64. The van der Waals surface area contributed by atoms with Crippen LogP contribution in [0.2, 0.25) is 0 Å². The number of aryl methyl sites for hydroxylation is 1. The second-order valence-electron chi connectivity index (χ2n) is 4.04. The lowest BCUT2D eigenvalue weighted by Gasteiger charge is -2.15. The quantitative estimate of drug-likeness (QED) is 0.940. The number of alkyl halides is 3. The van der Waals surface area contributed by atoms with Crippen LogP contribution in [0.3, 0.4) is 0 Å². The maximum Gasteiger partial charge on any atom is 0.416 e. The summed E-state index contributed by atoms with van der Waals surface area (Å²) in [5.41, 5.74) is -0.566. The first-order valence-corrected chi connectivity index (χ1v) is 6.37. The van der Waals surface area contributed by atoms with E-state index in [1.165, 1.54) is 11.3 Å². The Hall–Kier alpha value is -1.41. The highest BCUT2D eigenvalue weighted by Crippen LogP contribution is 2.23. The van der Waals surface area contributed by atoms with Gasteiger partial charge in [0.05, 0.1) is 18.3 Å². The molecule has 2 aromatic rings. The molecule has 0 spiro atoms. The van der Waals surface area contributed by atoms with Gasteiger partial charge in [-0.25, -0.2) is 4.98 Å². The molecule has 0 amide bonds. The Morgan fingerprint density at radius 3 is 2.79 bits per heavy atom. The number of thiophene rings is 1. The molecule has 0 aliphatic heterocycles. The van der Waals surface area contributed by atoms with Crippen LogP contribution in [-0.2, 0) is 13.0 Å². The highest BCUT2D eigenvalue weighted by Gasteiger charge is 2.38. The average Bonchev–Trinajstić information content (AvgIpc) is 2.75. The second-order valence-corrected chi connectivity index (χ2v) is 5.16. The highest BCUT2D eigenvalue weighted by atomic mass is 32.1. The van der Waals surface area contributed by atoms with E-state index in [2.05, 4.69) is 4.98 Å². The van der Waals surface area contributed by atoms with Gasteiger partial charge in [-0.1, -0.05) is 6.92 Å². The molecule has 1 atom stereocenters. The zero-order valence-corrected chi connectivity index (χ0v) is 10.8. The molecule has 0 unspecified atom stereocenters. The van der Waals surface area contributed by atoms with Gasteiger partial charge >= 0.3 is 6.18 Å². The minimum atomic E-state index is -4.75. The van der Waals surface area contributed by atoms with Crippen LogP contribution in [0.1, 0.15) is 11.8 Å². The molecule has 4 nitrogen and oxygen atoms in total. The fraction of sp³-hybridized carbons (Fsp3) is 0.455. The van der Waals surface area contributed by atoms with E-state index in [-0.39, 0.29) is 0 Å². The molecule has 1 N–H and O–H groups in total.